The number of alkyl halides is 3. The van der Waals surface area contributed by atoms with Crippen LogP contribution in [0.2, 0.25) is 0 Å². The van der Waals surface area contributed by atoms with E-state index in [2.05, 4.69) is 16.0 Å². The smallest absolute Gasteiger partial charge is 0.371 e. The molecular weight excluding hydrogens is 455 g/mol. The Hall–Kier alpha value is -4.09. The summed E-state index contributed by atoms with van der Waals surface area (Å²) < 4.78 is 38.2. The molecule has 1 fully saturated rings. The lowest BCUT2D eigenvalue weighted by Crippen LogP contribution is -2.39. The van der Waals surface area contributed by atoms with Crippen molar-refractivity contribution in [1.29, 1.82) is 0 Å². The van der Waals surface area contributed by atoms with E-state index in [4.69, 9.17) is 0 Å². The first-order valence-corrected chi connectivity index (χ1v) is 10.3. The highest BCUT2D eigenvalue weighted by atomic mass is 19.4. The predicted octanol–water partition coefficient (Wildman–Crippen LogP) is 4.04. The maximum absolute atomic E-state index is 12.7. The topological polar surface area (TPSA) is 117 Å². The van der Waals surface area contributed by atoms with E-state index in [1.165, 1.54) is 30.3 Å². The molecule has 3 amide bonds. The van der Waals surface area contributed by atoms with Gasteiger partial charge in [-0.15, -0.1) is 0 Å². The van der Waals surface area contributed by atoms with Crippen LogP contribution in [0.3, 0.4) is 0 Å². The number of piperidine rings is 1. The zero-order chi connectivity index (χ0) is 24.7. The third-order valence-electron chi connectivity index (χ3n) is 5.11. The van der Waals surface area contributed by atoms with Crippen LogP contribution in [0.4, 0.5) is 35.0 Å². The van der Waals surface area contributed by atoms with Crippen LogP contribution < -0.4 is 20.9 Å². The number of urea groups is 1. The molecule has 3 rings (SSSR count). The number of nitro benzene ring substituents is 1. The molecule has 2 aromatic carbocycles. The molecule has 12 heteroatoms. The lowest BCUT2D eigenvalue weighted by atomic mass is 10.0. The number of nitrogens with zero attached hydrogens (tertiary/aromatic N) is 2. The van der Waals surface area contributed by atoms with E-state index in [1.807, 2.05) is 4.90 Å². The van der Waals surface area contributed by atoms with Gasteiger partial charge in [0.25, 0.3) is 5.69 Å². The molecule has 1 heterocycles. The quantitative estimate of drug-likeness (QED) is 0.251. The molecule has 34 heavy (non-hydrogen) atoms. The fourth-order valence-corrected chi connectivity index (χ4v) is 3.40. The van der Waals surface area contributed by atoms with Crippen molar-refractivity contribution in [2.24, 2.45) is 0 Å². The van der Waals surface area contributed by atoms with Crippen LogP contribution in [0.15, 0.2) is 60.2 Å². The van der Waals surface area contributed by atoms with Crippen LogP contribution in [0.25, 0.3) is 0 Å². The molecule has 0 atom stereocenters. The van der Waals surface area contributed by atoms with Gasteiger partial charge in [-0.3, -0.25) is 14.9 Å². The van der Waals surface area contributed by atoms with Crippen LogP contribution in [0.5, 0.6) is 0 Å². The molecular formula is C22H22F3N5O4. The van der Waals surface area contributed by atoms with E-state index < -0.39 is 28.6 Å². The van der Waals surface area contributed by atoms with Gasteiger partial charge < -0.3 is 20.9 Å². The van der Waals surface area contributed by atoms with Crippen LogP contribution in [0.1, 0.15) is 18.4 Å². The molecule has 2 aromatic rings. The maximum Gasteiger partial charge on any atom is 0.416 e. The van der Waals surface area contributed by atoms with Gasteiger partial charge in [-0.05, 0) is 37.1 Å². The number of non-ortho nitro benzene ring substituents is 1. The summed E-state index contributed by atoms with van der Waals surface area (Å²) in [6.45, 7) is 0.975. The van der Waals surface area contributed by atoms with Crippen LogP contribution in [0, 0.1) is 10.1 Å². The average Bonchev–Trinajstić information content (AvgIpc) is 2.79. The molecule has 0 unspecified atom stereocenters. The fraction of sp³-hybridized carbons (Fsp3) is 0.273. The summed E-state index contributed by atoms with van der Waals surface area (Å²) >= 11 is 0. The van der Waals surface area contributed by atoms with E-state index in [1.54, 1.807) is 12.1 Å². The van der Waals surface area contributed by atoms with Crippen LogP contribution in [-0.2, 0) is 11.0 Å². The third-order valence-corrected chi connectivity index (χ3v) is 5.11. The van der Waals surface area contributed by atoms with E-state index >= 15 is 0 Å². The molecule has 1 saturated heterocycles. The average molecular weight is 477 g/mol. The predicted molar refractivity (Wildman–Crippen MR) is 119 cm³/mol. The zero-order valence-electron chi connectivity index (χ0n) is 17.9. The molecule has 0 aliphatic carbocycles. The Bertz CT molecular complexity index is 1090. The number of amides is 3. The molecule has 1 aliphatic heterocycles. The van der Waals surface area contributed by atoms with Crippen molar-refractivity contribution in [2.45, 2.75) is 19.0 Å². The number of nitro groups is 1. The van der Waals surface area contributed by atoms with Gasteiger partial charge in [0.1, 0.15) is 0 Å². The Labute approximate surface area is 192 Å². The van der Waals surface area contributed by atoms with Gasteiger partial charge in [0.05, 0.1) is 17.2 Å². The Morgan fingerprint density at radius 3 is 2.44 bits per heavy atom. The molecule has 0 saturated carbocycles. The van der Waals surface area contributed by atoms with Crippen molar-refractivity contribution in [3.8, 4) is 0 Å². The molecule has 1 aliphatic rings. The number of nitrogens with one attached hydrogen (secondary N) is 3. The van der Waals surface area contributed by atoms with Crippen molar-refractivity contribution in [3.63, 3.8) is 0 Å². The highest BCUT2D eigenvalue weighted by molar-refractivity contribution is 5.91. The van der Waals surface area contributed by atoms with Gasteiger partial charge in [0.15, 0.2) is 0 Å². The van der Waals surface area contributed by atoms with Crippen molar-refractivity contribution >= 4 is 29.0 Å². The van der Waals surface area contributed by atoms with Gasteiger partial charge in [-0.2, -0.15) is 13.2 Å². The zero-order valence-corrected chi connectivity index (χ0v) is 17.9. The number of anilines is 2. The molecule has 0 bridgehead atoms. The number of carbonyl (C=O) groups is 2. The normalized spacial score (nSPS) is 13.7. The van der Waals surface area contributed by atoms with Gasteiger partial charge >= 0.3 is 12.2 Å². The Morgan fingerprint density at radius 1 is 1.06 bits per heavy atom. The van der Waals surface area contributed by atoms with Crippen LogP contribution >= 0.6 is 0 Å². The molecule has 0 spiro atoms. The summed E-state index contributed by atoms with van der Waals surface area (Å²) in [6, 6.07) is 9.79. The summed E-state index contributed by atoms with van der Waals surface area (Å²) in [5, 5.41) is 18.1. The number of hydrogen-bond donors (Lipinski definition) is 3. The maximum atomic E-state index is 12.7. The first kappa shape index (κ1) is 24.6. The Morgan fingerprint density at radius 2 is 1.76 bits per heavy atom. The summed E-state index contributed by atoms with van der Waals surface area (Å²) in [4.78, 5) is 36.5. The molecule has 0 radical (unpaired) electrons. The van der Waals surface area contributed by atoms with Gasteiger partial charge in [0, 0.05) is 42.7 Å². The summed E-state index contributed by atoms with van der Waals surface area (Å²) in [6.07, 6.45) is -1.89. The number of rotatable bonds is 6. The minimum absolute atomic E-state index is 0.0165. The Balaban J connectivity index is 1.42. The highest BCUT2D eigenvalue weighted by Crippen LogP contribution is 2.30. The second-order valence-electron chi connectivity index (χ2n) is 7.49. The van der Waals surface area contributed by atoms with E-state index in [0.717, 1.165) is 23.4 Å². The second kappa shape index (κ2) is 10.7. The van der Waals surface area contributed by atoms with Crippen molar-refractivity contribution in [2.75, 3.05) is 30.0 Å². The first-order chi connectivity index (χ1) is 16.1. The largest absolute Gasteiger partial charge is 0.416 e. The minimum Gasteiger partial charge on any atom is -0.371 e. The monoisotopic (exact) mass is 477 g/mol. The third kappa shape index (κ3) is 6.95. The minimum atomic E-state index is -4.52. The van der Waals surface area contributed by atoms with E-state index in [0.29, 0.717) is 25.9 Å². The number of hydrogen-bond acceptors (Lipinski definition) is 5. The molecule has 3 N–H and O–H groups in total. The standard InChI is InChI=1S/C22H22F3N5O4/c23-22(24,25)16-3-1-4-17(12-16)28-21(32)27-14-26-20(31)11-15-7-9-29(10-8-15)18-5-2-6-19(13-18)30(33)34/h1-6,11-13H,7-10,14H2,(H,26,31)(H2,27,28,32). The van der Waals surface area contributed by atoms with E-state index in [-0.39, 0.29) is 18.0 Å². The molecule has 0 aromatic heterocycles. The summed E-state index contributed by atoms with van der Waals surface area (Å²) in [7, 11) is 0. The van der Waals surface area contributed by atoms with Crippen molar-refractivity contribution in [3.05, 3.63) is 75.9 Å². The lowest BCUT2D eigenvalue weighted by molar-refractivity contribution is -0.384. The van der Waals surface area contributed by atoms with Gasteiger partial charge in [0.2, 0.25) is 5.91 Å². The number of benzene rings is 2. The van der Waals surface area contributed by atoms with Gasteiger partial charge in [-0.25, -0.2) is 4.79 Å². The van der Waals surface area contributed by atoms with Crippen LogP contribution in [-0.4, -0.2) is 36.6 Å². The molecule has 9 nitrogen and oxygen atoms in total. The fourth-order valence-electron chi connectivity index (χ4n) is 3.40. The number of halogens is 3. The van der Waals surface area contributed by atoms with Crippen molar-refractivity contribution < 1.29 is 27.7 Å². The van der Waals surface area contributed by atoms with Gasteiger partial charge in [-0.1, -0.05) is 17.7 Å². The second-order valence-corrected chi connectivity index (χ2v) is 7.49. The Kier molecular flexibility index (Phi) is 7.71. The summed E-state index contributed by atoms with van der Waals surface area (Å²) in [5.41, 5.74) is 0.738. The highest BCUT2D eigenvalue weighted by Gasteiger charge is 2.30. The summed E-state index contributed by atoms with van der Waals surface area (Å²) in [5.74, 6) is -0.418. The number of carbonyl (C=O) groups excluding carboxylic acids is 2. The molecule has 180 valence electrons. The SMILES string of the molecule is O=C(C=C1CCN(c2cccc([N+](=O)[O-])c2)CC1)NCNC(=O)Nc1cccc(C(F)(F)F)c1. The van der Waals surface area contributed by atoms with Crippen molar-refractivity contribution in [1.82, 2.24) is 10.6 Å². The lowest BCUT2D eigenvalue weighted by Gasteiger charge is -2.30. The first-order valence-electron chi connectivity index (χ1n) is 10.3. The van der Waals surface area contributed by atoms with E-state index in [9.17, 15) is 32.9 Å².